The van der Waals surface area contributed by atoms with Gasteiger partial charge in [0.15, 0.2) is 0 Å². The molecule has 1 heterocycles. The summed E-state index contributed by atoms with van der Waals surface area (Å²) in [5.74, 6) is 0.945. The molecule has 1 aromatic heterocycles. The van der Waals surface area contributed by atoms with Gasteiger partial charge in [0.25, 0.3) is 0 Å². The van der Waals surface area contributed by atoms with Crippen LogP contribution in [-0.2, 0) is 16.6 Å². The van der Waals surface area contributed by atoms with Crippen LogP contribution < -0.4 is 10.5 Å². The van der Waals surface area contributed by atoms with Crippen LogP contribution in [0.15, 0.2) is 9.31 Å². The van der Waals surface area contributed by atoms with Gasteiger partial charge >= 0.3 is 0 Å². The van der Waals surface area contributed by atoms with Gasteiger partial charge in [-0.15, -0.1) is 0 Å². The maximum Gasteiger partial charge on any atom is 0.244 e. The van der Waals surface area contributed by atoms with Gasteiger partial charge in [0.2, 0.25) is 10.0 Å². The third-order valence-corrected chi connectivity index (χ3v) is 4.19. The smallest absolute Gasteiger partial charge is 0.244 e. The lowest BCUT2D eigenvalue weighted by molar-refractivity contribution is 0.407. The summed E-state index contributed by atoms with van der Waals surface area (Å²) in [5, 5.41) is 0. The minimum atomic E-state index is -3.57. The molecule has 0 aliphatic carbocycles. The van der Waals surface area contributed by atoms with E-state index in [-0.39, 0.29) is 16.9 Å². The molecule has 3 N–H and O–H groups in total. The van der Waals surface area contributed by atoms with Crippen molar-refractivity contribution < 1.29 is 12.8 Å². The van der Waals surface area contributed by atoms with Crippen LogP contribution in [0.5, 0.6) is 0 Å². The second-order valence-electron chi connectivity index (χ2n) is 5.61. The Bertz CT molecular complexity index is 524. The van der Waals surface area contributed by atoms with Crippen LogP contribution in [0.2, 0.25) is 0 Å². The van der Waals surface area contributed by atoms with Gasteiger partial charge in [-0.25, -0.2) is 13.1 Å². The number of aryl methyl sites for hydroxylation is 2. The summed E-state index contributed by atoms with van der Waals surface area (Å²) in [6.07, 6.45) is 0. The monoisotopic (exact) mass is 274 g/mol. The molecular weight excluding hydrogens is 252 g/mol. The molecule has 0 saturated carbocycles. The zero-order valence-corrected chi connectivity index (χ0v) is 12.4. The lowest BCUT2D eigenvalue weighted by Gasteiger charge is -2.18. The van der Waals surface area contributed by atoms with Gasteiger partial charge in [0.1, 0.15) is 16.4 Å². The molecule has 0 amide bonds. The number of rotatable bonds is 4. The molecule has 1 rings (SSSR count). The predicted molar refractivity (Wildman–Crippen MR) is 70.7 cm³/mol. The van der Waals surface area contributed by atoms with Gasteiger partial charge in [-0.05, 0) is 19.3 Å². The number of sulfonamides is 1. The minimum Gasteiger partial charge on any atom is -0.465 e. The van der Waals surface area contributed by atoms with Crippen molar-refractivity contribution in [2.75, 3.05) is 6.54 Å². The van der Waals surface area contributed by atoms with Crippen molar-refractivity contribution >= 4 is 10.0 Å². The van der Waals surface area contributed by atoms with Crippen LogP contribution in [-0.4, -0.2) is 15.0 Å². The number of hydrogen-bond donors (Lipinski definition) is 2. The van der Waals surface area contributed by atoms with E-state index in [4.69, 9.17) is 10.2 Å². The van der Waals surface area contributed by atoms with Gasteiger partial charge in [0, 0.05) is 18.7 Å². The third-order valence-electron chi connectivity index (χ3n) is 2.59. The Balaban J connectivity index is 3.13. The fourth-order valence-electron chi connectivity index (χ4n) is 1.68. The lowest BCUT2D eigenvalue weighted by Crippen LogP contribution is -2.33. The Morgan fingerprint density at radius 1 is 1.22 bits per heavy atom. The summed E-state index contributed by atoms with van der Waals surface area (Å²) in [4.78, 5) is 0.187. The molecule has 0 fully saturated rings. The molecule has 1 aromatic rings. The van der Waals surface area contributed by atoms with Crippen molar-refractivity contribution in [2.45, 2.75) is 46.1 Å². The van der Waals surface area contributed by atoms with Gasteiger partial charge in [0.05, 0.1) is 0 Å². The predicted octanol–water partition coefficient (Wildman–Crippen LogP) is 1.68. The quantitative estimate of drug-likeness (QED) is 0.874. The van der Waals surface area contributed by atoms with Gasteiger partial charge in [-0.1, -0.05) is 20.8 Å². The first-order valence-electron chi connectivity index (χ1n) is 5.87. The van der Waals surface area contributed by atoms with E-state index < -0.39 is 10.0 Å². The summed E-state index contributed by atoms with van der Waals surface area (Å²) >= 11 is 0. The first kappa shape index (κ1) is 15.2. The Morgan fingerprint density at radius 3 is 2.22 bits per heavy atom. The number of hydrogen-bond acceptors (Lipinski definition) is 4. The molecule has 6 heteroatoms. The maximum atomic E-state index is 12.3. The van der Waals surface area contributed by atoms with Gasteiger partial charge in [-0.3, -0.25) is 0 Å². The van der Waals surface area contributed by atoms with Crippen LogP contribution in [0.1, 0.15) is 37.9 Å². The largest absolute Gasteiger partial charge is 0.465 e. The zero-order valence-electron chi connectivity index (χ0n) is 11.6. The second-order valence-corrected chi connectivity index (χ2v) is 7.32. The summed E-state index contributed by atoms with van der Waals surface area (Å²) in [6.45, 7) is 9.76. The molecule has 0 aliphatic heterocycles. The van der Waals surface area contributed by atoms with E-state index in [1.807, 2.05) is 20.8 Å². The highest BCUT2D eigenvalue weighted by atomic mass is 32.2. The molecular formula is C12H22N2O3S. The molecule has 0 bridgehead atoms. The number of furan rings is 1. The van der Waals surface area contributed by atoms with Crippen LogP contribution in [0.4, 0.5) is 0 Å². The minimum absolute atomic E-state index is 0.122. The maximum absolute atomic E-state index is 12.3. The third kappa shape index (κ3) is 3.34. The summed E-state index contributed by atoms with van der Waals surface area (Å²) in [5.41, 5.74) is 6.02. The fourth-order valence-corrected chi connectivity index (χ4v) is 3.42. The van der Waals surface area contributed by atoms with Crippen molar-refractivity contribution in [1.82, 2.24) is 4.72 Å². The van der Waals surface area contributed by atoms with Crippen molar-refractivity contribution in [3.05, 3.63) is 17.1 Å². The first-order valence-corrected chi connectivity index (χ1v) is 7.35. The normalized spacial score (nSPS) is 13.0. The van der Waals surface area contributed by atoms with Crippen molar-refractivity contribution in [3.8, 4) is 0 Å². The number of nitrogens with one attached hydrogen (secondary N) is 1. The van der Waals surface area contributed by atoms with Crippen LogP contribution in [0.3, 0.4) is 0 Å². The standard InChI is InChI=1S/C12H22N2O3S/c1-8-10(6-13)11(9(2)17-8)18(15,16)14-7-12(3,4)5/h14H,6-7,13H2,1-5H3. The van der Waals surface area contributed by atoms with E-state index in [2.05, 4.69) is 4.72 Å². The van der Waals surface area contributed by atoms with E-state index in [0.717, 1.165) is 0 Å². The average Bonchev–Trinajstić information content (AvgIpc) is 2.49. The number of nitrogens with two attached hydrogens (primary N) is 1. The Morgan fingerprint density at radius 2 is 1.78 bits per heavy atom. The highest BCUT2D eigenvalue weighted by molar-refractivity contribution is 7.89. The van der Waals surface area contributed by atoms with Crippen LogP contribution in [0, 0.1) is 19.3 Å². The molecule has 0 atom stereocenters. The second kappa shape index (κ2) is 5.03. The highest BCUT2D eigenvalue weighted by Gasteiger charge is 2.27. The molecule has 0 aliphatic rings. The van der Waals surface area contributed by atoms with E-state index in [0.29, 0.717) is 23.6 Å². The summed E-state index contributed by atoms with van der Waals surface area (Å²) in [7, 11) is -3.57. The molecule has 0 radical (unpaired) electrons. The Kier molecular flexibility index (Phi) is 4.25. The topological polar surface area (TPSA) is 85.3 Å². The van der Waals surface area contributed by atoms with Gasteiger partial charge < -0.3 is 10.2 Å². The van der Waals surface area contributed by atoms with Crippen molar-refractivity contribution in [3.63, 3.8) is 0 Å². The molecule has 0 saturated heterocycles. The Labute approximate surface area is 109 Å². The molecule has 5 nitrogen and oxygen atoms in total. The molecule has 0 unspecified atom stereocenters. The van der Waals surface area contributed by atoms with Gasteiger partial charge in [-0.2, -0.15) is 0 Å². The fraction of sp³-hybridized carbons (Fsp3) is 0.667. The summed E-state index contributed by atoms with van der Waals surface area (Å²) < 4.78 is 32.5. The lowest BCUT2D eigenvalue weighted by atomic mass is 9.98. The van der Waals surface area contributed by atoms with E-state index >= 15 is 0 Å². The van der Waals surface area contributed by atoms with Crippen molar-refractivity contribution in [1.29, 1.82) is 0 Å². The first-order chi connectivity index (χ1) is 8.08. The van der Waals surface area contributed by atoms with Crippen molar-refractivity contribution in [2.24, 2.45) is 11.1 Å². The van der Waals surface area contributed by atoms with Crippen LogP contribution in [0.25, 0.3) is 0 Å². The van der Waals surface area contributed by atoms with E-state index in [9.17, 15) is 8.42 Å². The van der Waals surface area contributed by atoms with E-state index in [1.165, 1.54) is 0 Å². The SMILES string of the molecule is Cc1oc(C)c(S(=O)(=O)NCC(C)(C)C)c1CN. The summed E-state index contributed by atoms with van der Waals surface area (Å²) in [6, 6.07) is 0. The zero-order chi connectivity index (χ0) is 14.1. The Hall–Kier alpha value is -0.850. The van der Waals surface area contributed by atoms with Crippen LogP contribution >= 0.6 is 0 Å². The highest BCUT2D eigenvalue weighted by Crippen LogP contribution is 2.26. The molecule has 18 heavy (non-hydrogen) atoms. The average molecular weight is 274 g/mol. The molecule has 0 aromatic carbocycles. The molecule has 0 spiro atoms. The van der Waals surface area contributed by atoms with E-state index in [1.54, 1.807) is 13.8 Å². The molecule has 104 valence electrons.